The van der Waals surface area contributed by atoms with E-state index in [0.717, 1.165) is 4.85 Å². The Kier molecular flexibility index (Phi) is 3.83. The molecule has 0 radical (unpaired) electrons. The minimum atomic E-state index is -1.32. The Morgan fingerprint density at radius 2 is 2.14 bits per heavy atom. The van der Waals surface area contributed by atoms with Gasteiger partial charge in [-0.2, -0.15) is 0 Å². The van der Waals surface area contributed by atoms with Gasteiger partial charge in [-0.25, -0.2) is 9.97 Å². The van der Waals surface area contributed by atoms with Crippen LogP contribution in [0.1, 0.15) is 0 Å². The molecule has 0 spiro atoms. The molecule has 114 valence electrons. The number of halogens is 1. The Morgan fingerprint density at radius 1 is 1.38 bits per heavy atom. The van der Waals surface area contributed by atoms with E-state index in [1.165, 1.54) is 6.33 Å². The van der Waals surface area contributed by atoms with E-state index in [0.29, 0.717) is 14.7 Å². The van der Waals surface area contributed by atoms with E-state index in [4.69, 9.17) is 20.4 Å². The van der Waals surface area contributed by atoms with E-state index in [9.17, 15) is 10.2 Å². The minimum absolute atomic E-state index is 0.250. The van der Waals surface area contributed by atoms with Gasteiger partial charge in [-0.05, 0) is 22.6 Å². The zero-order valence-electron chi connectivity index (χ0n) is 10.5. The maximum Gasteiger partial charge on any atom is 0.256 e. The van der Waals surface area contributed by atoms with Gasteiger partial charge >= 0.3 is 0 Å². The Labute approximate surface area is 131 Å². The first-order valence-electron chi connectivity index (χ1n) is 5.97. The summed E-state index contributed by atoms with van der Waals surface area (Å²) in [7, 11) is 0. The molecule has 2 aromatic heterocycles. The Hall–Kier alpha value is -1.28. The number of hydrogen-bond donors (Lipinski definition) is 4. The Morgan fingerprint density at radius 3 is 2.81 bits per heavy atom. The topological polar surface area (TPSA) is 149 Å². The van der Waals surface area contributed by atoms with Crippen molar-refractivity contribution < 1.29 is 24.9 Å². The number of aliphatic hydroxyl groups excluding tert-OH is 3. The molecule has 0 bridgehead atoms. The van der Waals surface area contributed by atoms with Gasteiger partial charge in [0.15, 0.2) is 0 Å². The van der Waals surface area contributed by atoms with Crippen molar-refractivity contribution in [2.45, 2.75) is 24.6 Å². The molecule has 0 amide bonds. The fraction of sp³-hybridized carbons (Fsp3) is 0.500. The van der Waals surface area contributed by atoms with Crippen molar-refractivity contribution in [2.75, 3.05) is 12.3 Å². The van der Waals surface area contributed by atoms with Gasteiger partial charge in [-0.1, -0.05) is 4.85 Å². The molecule has 3 heterocycles. The molecule has 0 aromatic carbocycles. The van der Waals surface area contributed by atoms with Crippen LogP contribution in [0.3, 0.4) is 0 Å². The maximum absolute atomic E-state index is 9.84. The van der Waals surface area contributed by atoms with Crippen molar-refractivity contribution in [3.63, 3.8) is 0 Å². The van der Waals surface area contributed by atoms with Crippen molar-refractivity contribution in [3.8, 4) is 0 Å². The van der Waals surface area contributed by atoms with Crippen LogP contribution in [0.25, 0.3) is 11.0 Å². The Balaban J connectivity index is 1.91. The molecule has 4 atom stereocenters. The van der Waals surface area contributed by atoms with Gasteiger partial charge in [0.2, 0.25) is 5.65 Å². The summed E-state index contributed by atoms with van der Waals surface area (Å²) in [5.41, 5.74) is 6.06. The summed E-state index contributed by atoms with van der Waals surface area (Å²) in [5, 5.41) is 33.2. The molecule has 0 unspecified atom stereocenters. The number of nitrogens with two attached hydrogens (primary N) is 1. The average Bonchev–Trinajstić information content (AvgIpc) is 2.92. The van der Waals surface area contributed by atoms with Crippen LogP contribution < -0.4 is 10.6 Å². The lowest BCUT2D eigenvalue weighted by Crippen LogP contribution is -2.38. The first-order valence-corrected chi connectivity index (χ1v) is 7.05. The molecule has 1 aliphatic heterocycles. The van der Waals surface area contributed by atoms with Crippen LogP contribution in [-0.4, -0.2) is 66.4 Å². The normalized spacial score (nSPS) is 29.1. The highest BCUT2D eigenvalue weighted by Crippen LogP contribution is 2.24. The molecule has 10 nitrogen and oxygen atoms in total. The maximum atomic E-state index is 9.84. The summed E-state index contributed by atoms with van der Waals surface area (Å²) in [4.78, 5) is 14.3. The number of aliphatic hydroxyl groups is 3. The summed E-state index contributed by atoms with van der Waals surface area (Å²) in [6.45, 7) is -0.440. The molecule has 11 heteroatoms. The van der Waals surface area contributed by atoms with E-state index >= 15 is 0 Å². The number of anilines is 1. The van der Waals surface area contributed by atoms with Crippen LogP contribution in [0.15, 0.2) is 6.33 Å². The lowest BCUT2D eigenvalue weighted by molar-refractivity contribution is -0.176. The van der Waals surface area contributed by atoms with E-state index in [1.54, 1.807) is 0 Å². The highest BCUT2D eigenvalue weighted by Gasteiger charge is 2.44. The summed E-state index contributed by atoms with van der Waals surface area (Å²) >= 11 is 1.95. The summed E-state index contributed by atoms with van der Waals surface area (Å²) in [6, 6.07) is 0. The van der Waals surface area contributed by atoms with Crippen LogP contribution >= 0.6 is 22.6 Å². The molecule has 1 saturated heterocycles. The Bertz CT molecular complexity index is 667. The number of hydrogen-bond acceptors (Lipinski definition) is 9. The predicted molar refractivity (Wildman–Crippen MR) is 76.8 cm³/mol. The second-order valence-electron chi connectivity index (χ2n) is 4.43. The van der Waals surface area contributed by atoms with Gasteiger partial charge in [-0.15, -0.1) is 5.10 Å². The van der Waals surface area contributed by atoms with Gasteiger partial charge in [0.1, 0.15) is 34.2 Å². The zero-order chi connectivity index (χ0) is 15.1. The summed E-state index contributed by atoms with van der Waals surface area (Å²) < 4.78 is 5.74. The second kappa shape index (κ2) is 5.49. The van der Waals surface area contributed by atoms with Crippen molar-refractivity contribution in [1.29, 1.82) is 0 Å². The zero-order valence-corrected chi connectivity index (χ0v) is 12.7. The fourth-order valence-corrected chi connectivity index (χ4v) is 2.75. The summed E-state index contributed by atoms with van der Waals surface area (Å²) in [6.07, 6.45) is -3.43. The number of nitrogen functional groups attached to an aromatic ring is 1. The van der Waals surface area contributed by atoms with Gasteiger partial charge < -0.3 is 30.6 Å². The average molecular weight is 409 g/mol. The quantitative estimate of drug-likeness (QED) is 0.418. The third-order valence-corrected chi connectivity index (χ3v) is 3.88. The van der Waals surface area contributed by atoms with E-state index < -0.39 is 31.2 Å². The number of ether oxygens (including phenoxy) is 1. The molecule has 21 heavy (non-hydrogen) atoms. The lowest BCUT2D eigenvalue weighted by Gasteiger charge is -2.15. The van der Waals surface area contributed by atoms with E-state index in [-0.39, 0.29) is 5.82 Å². The molecular weight excluding hydrogens is 397 g/mol. The SMILES string of the molecule is Nc1ncnc2c1c(I)nn2O[C@H]1O[C@H](CO)[C@@H](O)[C@H]1O. The fourth-order valence-electron chi connectivity index (χ4n) is 2.03. The standard InChI is InChI=1S/C10H12IN5O5/c11-7-4-8(12)13-2-14-9(4)16(15-7)21-10-6(19)5(18)3(1-17)20-10/h2-3,5-6,10,17-19H,1H2,(H2,12,13,14)/t3-,5-,6-,10-/m1/s1. The monoisotopic (exact) mass is 409 g/mol. The molecule has 0 aliphatic carbocycles. The van der Waals surface area contributed by atoms with Crippen LogP contribution in [-0.2, 0) is 4.74 Å². The van der Waals surface area contributed by atoms with Crippen LogP contribution in [0, 0.1) is 3.70 Å². The minimum Gasteiger partial charge on any atom is -0.394 e. The van der Waals surface area contributed by atoms with Crippen molar-refractivity contribution in [1.82, 2.24) is 19.9 Å². The van der Waals surface area contributed by atoms with Gasteiger partial charge in [0.05, 0.1) is 12.0 Å². The van der Waals surface area contributed by atoms with Gasteiger partial charge in [0, 0.05) is 0 Å². The third-order valence-electron chi connectivity index (χ3n) is 3.12. The summed E-state index contributed by atoms with van der Waals surface area (Å²) in [5.74, 6) is 0.250. The van der Waals surface area contributed by atoms with Crippen LogP contribution in [0.5, 0.6) is 0 Å². The predicted octanol–water partition coefficient (Wildman–Crippen LogP) is -2.12. The van der Waals surface area contributed by atoms with Crippen molar-refractivity contribution in [3.05, 3.63) is 10.0 Å². The van der Waals surface area contributed by atoms with Gasteiger partial charge in [-0.3, -0.25) is 0 Å². The lowest BCUT2D eigenvalue weighted by atomic mass is 10.1. The second-order valence-corrected chi connectivity index (χ2v) is 5.46. The highest BCUT2D eigenvalue weighted by atomic mass is 127. The molecule has 0 saturated carbocycles. The number of fused-ring (bicyclic) bond motifs is 1. The molecule has 3 rings (SSSR count). The molecule has 5 N–H and O–H groups in total. The van der Waals surface area contributed by atoms with Crippen molar-refractivity contribution in [2.24, 2.45) is 0 Å². The van der Waals surface area contributed by atoms with Gasteiger partial charge in [0.25, 0.3) is 6.29 Å². The smallest absolute Gasteiger partial charge is 0.256 e. The van der Waals surface area contributed by atoms with Crippen LogP contribution in [0.2, 0.25) is 0 Å². The van der Waals surface area contributed by atoms with E-state index in [2.05, 4.69) is 15.1 Å². The van der Waals surface area contributed by atoms with Crippen molar-refractivity contribution >= 4 is 39.4 Å². The highest BCUT2D eigenvalue weighted by molar-refractivity contribution is 14.1. The third kappa shape index (κ3) is 2.40. The first-order chi connectivity index (χ1) is 10.0. The number of aromatic nitrogens is 4. The largest absolute Gasteiger partial charge is 0.394 e. The molecule has 1 aliphatic rings. The first kappa shape index (κ1) is 14.6. The van der Waals surface area contributed by atoms with E-state index in [1.807, 2.05) is 22.6 Å². The molecule has 2 aromatic rings. The number of nitrogens with zero attached hydrogens (tertiary/aromatic N) is 4. The molecular formula is C10H12IN5O5. The number of rotatable bonds is 3. The molecule has 1 fully saturated rings. The van der Waals surface area contributed by atoms with Crippen LogP contribution in [0.4, 0.5) is 5.82 Å².